The molecule has 92 valence electrons. The summed E-state index contributed by atoms with van der Waals surface area (Å²) < 4.78 is 63.7. The SMILES string of the molecule is N#Cc1cc(C(F)F)c(N)nc1OC(F)(F)F. The van der Waals surface area contributed by atoms with Gasteiger partial charge in [0, 0.05) is 0 Å². The molecule has 4 nitrogen and oxygen atoms in total. The Bertz CT molecular complexity index is 465. The molecule has 0 aromatic carbocycles. The van der Waals surface area contributed by atoms with Gasteiger partial charge in [-0.15, -0.1) is 13.2 Å². The van der Waals surface area contributed by atoms with Crippen LogP contribution in [0.1, 0.15) is 17.6 Å². The minimum atomic E-state index is -5.09. The Morgan fingerprint density at radius 1 is 1.41 bits per heavy atom. The molecule has 0 saturated heterocycles. The van der Waals surface area contributed by atoms with E-state index in [0.717, 1.165) is 0 Å². The molecule has 0 fully saturated rings. The van der Waals surface area contributed by atoms with E-state index >= 15 is 0 Å². The first-order valence-corrected chi connectivity index (χ1v) is 3.99. The van der Waals surface area contributed by atoms with Crippen molar-refractivity contribution in [2.45, 2.75) is 12.8 Å². The topological polar surface area (TPSA) is 71.9 Å². The van der Waals surface area contributed by atoms with Crippen LogP contribution in [0.4, 0.5) is 27.8 Å². The van der Waals surface area contributed by atoms with Gasteiger partial charge in [0.1, 0.15) is 17.5 Å². The molecule has 0 spiro atoms. The lowest BCUT2D eigenvalue weighted by Crippen LogP contribution is -2.19. The van der Waals surface area contributed by atoms with Crippen molar-refractivity contribution in [1.29, 1.82) is 5.26 Å². The molecule has 0 radical (unpaired) electrons. The van der Waals surface area contributed by atoms with E-state index in [9.17, 15) is 22.0 Å². The molecular weight excluding hydrogens is 249 g/mol. The lowest BCUT2D eigenvalue weighted by molar-refractivity contribution is -0.276. The Morgan fingerprint density at radius 3 is 2.41 bits per heavy atom. The number of pyridine rings is 1. The summed E-state index contributed by atoms with van der Waals surface area (Å²) in [6, 6.07) is 1.77. The highest BCUT2D eigenvalue weighted by atomic mass is 19.4. The number of hydrogen-bond donors (Lipinski definition) is 1. The smallest absolute Gasteiger partial charge is 0.386 e. The highest BCUT2D eigenvalue weighted by Crippen LogP contribution is 2.31. The lowest BCUT2D eigenvalue weighted by Gasteiger charge is -2.11. The van der Waals surface area contributed by atoms with Crippen LogP contribution in [0.3, 0.4) is 0 Å². The van der Waals surface area contributed by atoms with E-state index in [1.807, 2.05) is 0 Å². The largest absolute Gasteiger partial charge is 0.574 e. The minimum absolute atomic E-state index is 0.508. The third-order valence-electron chi connectivity index (χ3n) is 1.62. The monoisotopic (exact) mass is 253 g/mol. The van der Waals surface area contributed by atoms with Gasteiger partial charge in [0.2, 0.25) is 5.88 Å². The molecule has 1 aromatic heterocycles. The number of nitrogen functional groups attached to an aromatic ring is 1. The van der Waals surface area contributed by atoms with Gasteiger partial charge in [-0.05, 0) is 6.07 Å². The first-order valence-electron chi connectivity index (χ1n) is 3.99. The van der Waals surface area contributed by atoms with Gasteiger partial charge < -0.3 is 10.5 Å². The van der Waals surface area contributed by atoms with Crippen molar-refractivity contribution in [3.8, 4) is 11.9 Å². The quantitative estimate of drug-likeness (QED) is 0.821. The van der Waals surface area contributed by atoms with Crippen LogP contribution in [-0.4, -0.2) is 11.3 Å². The first kappa shape index (κ1) is 13.0. The van der Waals surface area contributed by atoms with Crippen LogP contribution in [0.2, 0.25) is 0 Å². The summed E-state index contributed by atoms with van der Waals surface area (Å²) in [5, 5.41) is 8.49. The lowest BCUT2D eigenvalue weighted by atomic mass is 10.2. The Hall–Kier alpha value is -2.11. The predicted octanol–water partition coefficient (Wildman–Crippen LogP) is 2.37. The van der Waals surface area contributed by atoms with E-state index in [4.69, 9.17) is 11.0 Å². The molecule has 0 aliphatic heterocycles. The van der Waals surface area contributed by atoms with E-state index in [1.54, 1.807) is 0 Å². The molecule has 0 atom stereocenters. The number of rotatable bonds is 2. The van der Waals surface area contributed by atoms with Crippen LogP contribution in [-0.2, 0) is 0 Å². The van der Waals surface area contributed by atoms with E-state index < -0.39 is 35.6 Å². The zero-order valence-electron chi connectivity index (χ0n) is 7.92. The summed E-state index contributed by atoms with van der Waals surface area (Å²) >= 11 is 0. The number of halogens is 5. The standard InChI is InChI=1S/C8H4F5N3O/c9-5(10)4-1-3(2-14)7(16-6(4)15)17-8(11,12)13/h1,5H,(H2,15,16). The van der Waals surface area contributed by atoms with Crippen LogP contribution < -0.4 is 10.5 Å². The van der Waals surface area contributed by atoms with E-state index in [1.165, 1.54) is 6.07 Å². The third kappa shape index (κ3) is 3.17. The number of anilines is 1. The molecular formula is C8H4F5N3O. The average Bonchev–Trinajstić information content (AvgIpc) is 2.14. The summed E-state index contributed by atoms with van der Waals surface area (Å²) in [7, 11) is 0. The zero-order valence-corrected chi connectivity index (χ0v) is 7.92. The number of nitriles is 1. The molecule has 0 unspecified atom stereocenters. The van der Waals surface area contributed by atoms with Gasteiger partial charge in [0.05, 0.1) is 5.56 Å². The maximum Gasteiger partial charge on any atom is 0.574 e. The molecule has 9 heteroatoms. The second kappa shape index (κ2) is 4.40. The molecule has 1 heterocycles. The fourth-order valence-electron chi connectivity index (χ4n) is 0.968. The van der Waals surface area contributed by atoms with Crippen LogP contribution in [0.5, 0.6) is 5.88 Å². The normalized spacial score (nSPS) is 11.4. The van der Waals surface area contributed by atoms with Crippen molar-refractivity contribution in [2.75, 3.05) is 5.73 Å². The molecule has 17 heavy (non-hydrogen) atoms. The number of aromatic nitrogens is 1. The van der Waals surface area contributed by atoms with Gasteiger partial charge in [-0.25, -0.2) is 8.78 Å². The Kier molecular flexibility index (Phi) is 3.36. The van der Waals surface area contributed by atoms with Crippen LogP contribution in [0.25, 0.3) is 0 Å². The van der Waals surface area contributed by atoms with Crippen molar-refractivity contribution in [2.24, 2.45) is 0 Å². The van der Waals surface area contributed by atoms with Crippen LogP contribution in [0, 0.1) is 11.3 Å². The minimum Gasteiger partial charge on any atom is -0.386 e. The zero-order chi connectivity index (χ0) is 13.2. The number of ether oxygens (including phenoxy) is 1. The molecule has 0 amide bonds. The van der Waals surface area contributed by atoms with Gasteiger partial charge in [-0.1, -0.05) is 0 Å². The molecule has 0 aliphatic rings. The molecule has 2 N–H and O–H groups in total. The number of nitrogens with two attached hydrogens (primary N) is 1. The van der Waals surface area contributed by atoms with Crippen LogP contribution >= 0.6 is 0 Å². The molecule has 0 saturated carbocycles. The molecule has 1 rings (SSSR count). The molecule has 1 aromatic rings. The predicted molar refractivity (Wildman–Crippen MR) is 45.0 cm³/mol. The van der Waals surface area contributed by atoms with Gasteiger partial charge in [0.25, 0.3) is 6.43 Å². The summed E-state index contributed by atoms with van der Waals surface area (Å²) in [6.45, 7) is 0. The summed E-state index contributed by atoms with van der Waals surface area (Å²) in [4.78, 5) is 2.98. The number of alkyl halides is 5. The highest BCUT2D eigenvalue weighted by Gasteiger charge is 2.33. The summed E-state index contributed by atoms with van der Waals surface area (Å²) in [5.74, 6) is -1.97. The van der Waals surface area contributed by atoms with Crippen molar-refractivity contribution < 1.29 is 26.7 Å². The van der Waals surface area contributed by atoms with E-state index in [2.05, 4.69) is 9.72 Å². The molecule has 0 aliphatic carbocycles. The second-order valence-electron chi connectivity index (χ2n) is 2.78. The van der Waals surface area contributed by atoms with Gasteiger partial charge in [-0.3, -0.25) is 0 Å². The van der Waals surface area contributed by atoms with Gasteiger partial charge in [0.15, 0.2) is 0 Å². The highest BCUT2D eigenvalue weighted by molar-refractivity contribution is 5.51. The second-order valence-corrected chi connectivity index (χ2v) is 2.78. The maximum atomic E-state index is 12.3. The number of nitrogens with zero attached hydrogens (tertiary/aromatic N) is 2. The molecule has 0 bridgehead atoms. The summed E-state index contributed by atoms with van der Waals surface area (Å²) in [5.41, 5.74) is 3.42. The van der Waals surface area contributed by atoms with E-state index in [0.29, 0.717) is 6.07 Å². The van der Waals surface area contributed by atoms with Gasteiger partial charge >= 0.3 is 6.36 Å². The number of hydrogen-bond acceptors (Lipinski definition) is 4. The fraction of sp³-hybridized carbons (Fsp3) is 0.250. The van der Waals surface area contributed by atoms with Crippen molar-refractivity contribution in [3.05, 3.63) is 17.2 Å². The van der Waals surface area contributed by atoms with Crippen molar-refractivity contribution in [3.63, 3.8) is 0 Å². The Balaban J connectivity index is 3.25. The van der Waals surface area contributed by atoms with E-state index in [-0.39, 0.29) is 0 Å². The summed E-state index contributed by atoms with van der Waals surface area (Å²) in [6.07, 6.45) is -8.13. The first-order chi connectivity index (χ1) is 7.74. The van der Waals surface area contributed by atoms with Gasteiger partial charge in [-0.2, -0.15) is 10.2 Å². The van der Waals surface area contributed by atoms with Crippen molar-refractivity contribution in [1.82, 2.24) is 4.98 Å². The Morgan fingerprint density at radius 2 is 2.00 bits per heavy atom. The maximum absolute atomic E-state index is 12.3. The third-order valence-corrected chi connectivity index (χ3v) is 1.62. The Labute approximate surface area is 91.4 Å². The average molecular weight is 253 g/mol. The fourth-order valence-corrected chi connectivity index (χ4v) is 0.968. The van der Waals surface area contributed by atoms with Crippen molar-refractivity contribution >= 4 is 5.82 Å². The van der Waals surface area contributed by atoms with Crippen LogP contribution in [0.15, 0.2) is 6.07 Å².